The van der Waals surface area contributed by atoms with E-state index in [0.29, 0.717) is 24.3 Å². The third-order valence-corrected chi connectivity index (χ3v) is 3.08. The zero-order valence-corrected chi connectivity index (χ0v) is 9.78. The highest BCUT2D eigenvalue weighted by atomic mass is 16.2. The molecule has 3 rings (SSSR count). The molecule has 1 aromatic heterocycles. The third kappa shape index (κ3) is 1.81. The van der Waals surface area contributed by atoms with Gasteiger partial charge in [0.1, 0.15) is 6.33 Å². The van der Waals surface area contributed by atoms with E-state index in [2.05, 4.69) is 10.2 Å². The molecule has 2 N–H and O–H groups in total. The fraction of sp³-hybridized carbons (Fsp3) is 0.250. The fourth-order valence-electron chi connectivity index (χ4n) is 2.05. The minimum Gasteiger partial charge on any atom is -0.399 e. The average molecular weight is 243 g/mol. The fourth-order valence-corrected chi connectivity index (χ4v) is 2.05. The smallest absolute Gasteiger partial charge is 0.254 e. The van der Waals surface area contributed by atoms with Gasteiger partial charge in [-0.1, -0.05) is 0 Å². The van der Waals surface area contributed by atoms with Crippen LogP contribution in [-0.2, 0) is 13.1 Å². The topological polar surface area (TPSA) is 77.0 Å². The van der Waals surface area contributed by atoms with Gasteiger partial charge in [-0.25, -0.2) is 0 Å². The van der Waals surface area contributed by atoms with Crippen LogP contribution >= 0.6 is 0 Å². The van der Waals surface area contributed by atoms with Crippen LogP contribution in [0.2, 0.25) is 0 Å². The summed E-state index contributed by atoms with van der Waals surface area (Å²) in [5.74, 6) is 0.828. The van der Waals surface area contributed by atoms with Gasteiger partial charge >= 0.3 is 0 Å². The summed E-state index contributed by atoms with van der Waals surface area (Å²) in [4.78, 5) is 14.0. The van der Waals surface area contributed by atoms with E-state index in [9.17, 15) is 4.79 Å². The van der Waals surface area contributed by atoms with E-state index < -0.39 is 0 Å². The first-order valence-electron chi connectivity index (χ1n) is 5.75. The van der Waals surface area contributed by atoms with Gasteiger partial charge in [0.25, 0.3) is 5.91 Å². The predicted molar refractivity (Wildman–Crippen MR) is 65.6 cm³/mol. The van der Waals surface area contributed by atoms with Crippen LogP contribution in [0.5, 0.6) is 0 Å². The summed E-state index contributed by atoms with van der Waals surface area (Å²) in [5, 5.41) is 7.84. The molecule has 1 aliphatic rings. The molecule has 0 fully saturated rings. The molecule has 0 spiro atoms. The Morgan fingerprint density at radius 3 is 2.78 bits per heavy atom. The summed E-state index contributed by atoms with van der Waals surface area (Å²) in [6.45, 7) is 1.92. The van der Waals surface area contributed by atoms with Crippen LogP contribution in [0.15, 0.2) is 30.6 Å². The van der Waals surface area contributed by atoms with Crippen LogP contribution < -0.4 is 5.73 Å². The van der Waals surface area contributed by atoms with E-state index in [1.165, 1.54) is 0 Å². The summed E-state index contributed by atoms with van der Waals surface area (Å²) < 4.78 is 1.97. The summed E-state index contributed by atoms with van der Waals surface area (Å²) in [6.07, 6.45) is 1.69. The molecule has 6 nitrogen and oxygen atoms in total. The number of rotatable bonds is 1. The lowest BCUT2D eigenvalue weighted by molar-refractivity contribution is 0.0707. The number of carbonyl (C=O) groups excluding carboxylic acids is 1. The Morgan fingerprint density at radius 1 is 1.22 bits per heavy atom. The molecular weight excluding hydrogens is 230 g/mol. The van der Waals surface area contributed by atoms with Gasteiger partial charge in [0.2, 0.25) is 0 Å². The molecule has 18 heavy (non-hydrogen) atoms. The molecule has 0 saturated carbocycles. The van der Waals surface area contributed by atoms with Crippen LogP contribution in [0.3, 0.4) is 0 Å². The lowest BCUT2D eigenvalue weighted by Crippen LogP contribution is -2.38. The lowest BCUT2D eigenvalue weighted by Gasteiger charge is -2.27. The quantitative estimate of drug-likeness (QED) is 0.740. The molecule has 0 atom stereocenters. The van der Waals surface area contributed by atoms with Gasteiger partial charge in [-0.2, -0.15) is 0 Å². The van der Waals surface area contributed by atoms with Gasteiger partial charge < -0.3 is 15.2 Å². The van der Waals surface area contributed by atoms with Gasteiger partial charge in [0, 0.05) is 24.3 Å². The van der Waals surface area contributed by atoms with Crippen molar-refractivity contribution in [3.05, 3.63) is 42.0 Å². The lowest BCUT2D eigenvalue weighted by atomic mass is 10.1. The zero-order valence-electron chi connectivity index (χ0n) is 9.78. The highest BCUT2D eigenvalue weighted by Crippen LogP contribution is 2.14. The summed E-state index contributed by atoms with van der Waals surface area (Å²) in [5.41, 5.74) is 6.92. The first kappa shape index (κ1) is 10.8. The third-order valence-electron chi connectivity index (χ3n) is 3.08. The van der Waals surface area contributed by atoms with Gasteiger partial charge in [-0.15, -0.1) is 10.2 Å². The number of nitrogens with two attached hydrogens (primary N) is 1. The van der Waals surface area contributed by atoms with Crippen molar-refractivity contribution < 1.29 is 4.79 Å². The minimum absolute atomic E-state index is 0.00394. The predicted octanol–water partition coefficient (Wildman–Crippen LogP) is 0.516. The average Bonchev–Trinajstić information content (AvgIpc) is 2.86. The second kappa shape index (κ2) is 4.14. The number of fused-ring (bicyclic) bond motifs is 1. The van der Waals surface area contributed by atoms with Crippen LogP contribution in [0, 0.1) is 0 Å². The SMILES string of the molecule is Nc1ccc(C(=O)N2CCn3cnnc3C2)cc1. The van der Waals surface area contributed by atoms with Gasteiger partial charge in [0.15, 0.2) is 5.82 Å². The molecule has 92 valence electrons. The van der Waals surface area contributed by atoms with E-state index in [4.69, 9.17) is 5.73 Å². The Balaban J connectivity index is 1.80. The maximum atomic E-state index is 12.3. The monoisotopic (exact) mass is 243 g/mol. The van der Waals surface area contributed by atoms with E-state index in [1.807, 2.05) is 4.57 Å². The van der Waals surface area contributed by atoms with E-state index >= 15 is 0 Å². The van der Waals surface area contributed by atoms with E-state index in [-0.39, 0.29) is 5.91 Å². The van der Waals surface area contributed by atoms with Crippen molar-refractivity contribution in [2.45, 2.75) is 13.1 Å². The maximum Gasteiger partial charge on any atom is 0.254 e. The van der Waals surface area contributed by atoms with Crippen LogP contribution in [-0.4, -0.2) is 32.1 Å². The number of hydrogen-bond acceptors (Lipinski definition) is 4. The van der Waals surface area contributed by atoms with Gasteiger partial charge in [-0.3, -0.25) is 4.79 Å². The largest absolute Gasteiger partial charge is 0.399 e. The molecule has 1 aromatic carbocycles. The van der Waals surface area contributed by atoms with Crippen molar-refractivity contribution in [2.24, 2.45) is 0 Å². The zero-order chi connectivity index (χ0) is 12.5. The van der Waals surface area contributed by atoms with Gasteiger partial charge in [-0.05, 0) is 24.3 Å². The molecule has 2 aromatic rings. The Bertz CT molecular complexity index is 574. The van der Waals surface area contributed by atoms with Crippen LogP contribution in [0.4, 0.5) is 5.69 Å². The van der Waals surface area contributed by atoms with Gasteiger partial charge in [0.05, 0.1) is 6.54 Å². The maximum absolute atomic E-state index is 12.3. The molecule has 0 bridgehead atoms. The highest BCUT2D eigenvalue weighted by molar-refractivity contribution is 5.94. The highest BCUT2D eigenvalue weighted by Gasteiger charge is 2.22. The summed E-state index contributed by atoms with van der Waals surface area (Å²) in [6, 6.07) is 6.97. The van der Waals surface area contributed by atoms with Crippen LogP contribution in [0.1, 0.15) is 16.2 Å². The van der Waals surface area contributed by atoms with Crippen molar-refractivity contribution in [1.82, 2.24) is 19.7 Å². The van der Waals surface area contributed by atoms with E-state index in [0.717, 1.165) is 12.4 Å². The first-order chi connectivity index (χ1) is 8.74. The second-order valence-electron chi connectivity index (χ2n) is 4.29. The molecule has 2 heterocycles. The number of nitrogens with zero attached hydrogens (tertiary/aromatic N) is 4. The Labute approximate surface area is 104 Å². The summed E-state index contributed by atoms with van der Waals surface area (Å²) >= 11 is 0. The molecule has 6 heteroatoms. The second-order valence-corrected chi connectivity index (χ2v) is 4.29. The number of nitrogen functional groups attached to an aromatic ring is 1. The number of hydrogen-bond donors (Lipinski definition) is 1. The Hall–Kier alpha value is -2.37. The number of carbonyl (C=O) groups is 1. The molecule has 1 amide bonds. The van der Waals surface area contributed by atoms with E-state index in [1.54, 1.807) is 35.5 Å². The number of amides is 1. The number of aromatic nitrogens is 3. The molecule has 1 aliphatic heterocycles. The molecule has 0 radical (unpaired) electrons. The molecule has 0 unspecified atom stereocenters. The van der Waals surface area contributed by atoms with Crippen molar-refractivity contribution >= 4 is 11.6 Å². The van der Waals surface area contributed by atoms with Crippen molar-refractivity contribution in [2.75, 3.05) is 12.3 Å². The van der Waals surface area contributed by atoms with Crippen LogP contribution in [0.25, 0.3) is 0 Å². The molecular formula is C12H13N5O. The minimum atomic E-state index is 0.00394. The number of anilines is 1. The standard InChI is InChI=1S/C12H13N5O/c13-10-3-1-9(2-4-10)12(18)16-5-6-17-8-14-15-11(17)7-16/h1-4,8H,5-7,13H2. The normalized spacial score (nSPS) is 14.3. The molecule has 0 saturated heterocycles. The van der Waals surface area contributed by atoms with Crippen molar-refractivity contribution in [3.8, 4) is 0 Å². The molecule has 0 aliphatic carbocycles. The van der Waals surface area contributed by atoms with Crippen molar-refractivity contribution in [1.29, 1.82) is 0 Å². The van der Waals surface area contributed by atoms with Crippen molar-refractivity contribution in [3.63, 3.8) is 0 Å². The Morgan fingerprint density at radius 2 is 2.00 bits per heavy atom. The Kier molecular flexibility index (Phi) is 2.47. The summed E-state index contributed by atoms with van der Waals surface area (Å²) in [7, 11) is 0. The first-order valence-corrected chi connectivity index (χ1v) is 5.75. The number of benzene rings is 1.